The van der Waals surface area contributed by atoms with Crippen LogP contribution in [0.2, 0.25) is 10.0 Å². The first kappa shape index (κ1) is 13.4. The Morgan fingerprint density at radius 1 is 1.05 bits per heavy atom. The van der Waals surface area contributed by atoms with E-state index in [-0.39, 0.29) is 6.42 Å². The van der Waals surface area contributed by atoms with Crippen molar-refractivity contribution in [1.29, 1.82) is 0 Å². The van der Waals surface area contributed by atoms with Gasteiger partial charge in [-0.1, -0.05) is 41.4 Å². The van der Waals surface area contributed by atoms with Crippen molar-refractivity contribution in [2.24, 2.45) is 0 Å². The van der Waals surface area contributed by atoms with Crippen LogP contribution in [0.5, 0.6) is 0 Å². The number of hydrogen-bond donors (Lipinski definition) is 1. The minimum Gasteiger partial charge on any atom is -0.441 e. The summed E-state index contributed by atoms with van der Waals surface area (Å²) in [6, 6.07) is 12.6. The van der Waals surface area contributed by atoms with Gasteiger partial charge in [0.2, 0.25) is 0 Å². The molecule has 0 aliphatic heterocycles. The summed E-state index contributed by atoms with van der Waals surface area (Å²) in [5, 5.41) is 11.2. The molecule has 1 unspecified atom stereocenters. The number of nitrogens with zero attached hydrogens (tertiary/aromatic N) is 1. The van der Waals surface area contributed by atoms with E-state index in [1.165, 1.54) is 0 Å². The van der Waals surface area contributed by atoms with Gasteiger partial charge in [-0.25, -0.2) is 4.98 Å². The lowest BCUT2D eigenvalue weighted by Gasteiger charge is -2.12. The Morgan fingerprint density at radius 2 is 1.75 bits per heavy atom. The second kappa shape index (κ2) is 5.44. The number of oxazole rings is 1. The van der Waals surface area contributed by atoms with Crippen LogP contribution in [0.3, 0.4) is 0 Å². The Bertz CT molecular complexity index is 701. The number of rotatable bonds is 3. The minimum atomic E-state index is -0.857. The standard InChI is InChI=1S/C15H11Cl2NO2/c16-9-4-3-5-10(17)15(9)12(19)8-14-18-11-6-1-2-7-13(11)20-14/h1-7,12,19H,8H2. The first-order valence-electron chi connectivity index (χ1n) is 6.11. The quantitative estimate of drug-likeness (QED) is 0.779. The molecule has 1 heterocycles. The average molecular weight is 308 g/mol. The molecule has 1 aromatic heterocycles. The van der Waals surface area contributed by atoms with Crippen LogP contribution in [-0.2, 0) is 6.42 Å². The number of hydrogen-bond acceptors (Lipinski definition) is 3. The number of aliphatic hydroxyl groups is 1. The van der Waals surface area contributed by atoms with Crippen LogP contribution < -0.4 is 0 Å². The number of benzene rings is 2. The zero-order valence-electron chi connectivity index (χ0n) is 10.4. The predicted molar refractivity (Wildman–Crippen MR) is 79.1 cm³/mol. The first-order valence-corrected chi connectivity index (χ1v) is 6.87. The van der Waals surface area contributed by atoms with Crippen LogP contribution in [0.25, 0.3) is 11.1 Å². The summed E-state index contributed by atoms with van der Waals surface area (Å²) in [7, 11) is 0. The summed E-state index contributed by atoms with van der Waals surface area (Å²) in [6.07, 6.45) is -0.637. The fraction of sp³-hybridized carbons (Fsp3) is 0.133. The van der Waals surface area contributed by atoms with Gasteiger partial charge in [-0.15, -0.1) is 0 Å². The summed E-state index contributed by atoms with van der Waals surface area (Å²) in [6.45, 7) is 0. The van der Waals surface area contributed by atoms with Crippen molar-refractivity contribution < 1.29 is 9.52 Å². The zero-order valence-corrected chi connectivity index (χ0v) is 11.9. The van der Waals surface area contributed by atoms with Crippen LogP contribution in [0.1, 0.15) is 17.6 Å². The first-order chi connectivity index (χ1) is 9.65. The molecule has 0 amide bonds. The van der Waals surface area contributed by atoms with Crippen molar-refractivity contribution in [3.63, 3.8) is 0 Å². The van der Waals surface area contributed by atoms with Crippen LogP contribution in [0.4, 0.5) is 0 Å². The second-order valence-corrected chi connectivity index (χ2v) is 5.24. The molecular weight excluding hydrogens is 297 g/mol. The maximum atomic E-state index is 10.3. The topological polar surface area (TPSA) is 46.3 Å². The summed E-state index contributed by atoms with van der Waals surface area (Å²) < 4.78 is 5.58. The van der Waals surface area contributed by atoms with Gasteiger partial charge in [0.15, 0.2) is 11.5 Å². The molecule has 0 bridgehead atoms. The van der Waals surface area contributed by atoms with Gasteiger partial charge >= 0.3 is 0 Å². The molecule has 3 rings (SSSR count). The fourth-order valence-electron chi connectivity index (χ4n) is 2.10. The van der Waals surface area contributed by atoms with Gasteiger partial charge in [0.05, 0.1) is 12.5 Å². The Hall–Kier alpha value is -1.55. The molecule has 3 nitrogen and oxygen atoms in total. The van der Waals surface area contributed by atoms with Gasteiger partial charge < -0.3 is 9.52 Å². The lowest BCUT2D eigenvalue weighted by atomic mass is 10.1. The van der Waals surface area contributed by atoms with Crippen molar-refractivity contribution in [1.82, 2.24) is 4.98 Å². The smallest absolute Gasteiger partial charge is 0.198 e. The van der Waals surface area contributed by atoms with Crippen LogP contribution in [0.15, 0.2) is 46.9 Å². The van der Waals surface area contributed by atoms with E-state index in [0.717, 1.165) is 5.52 Å². The molecule has 0 saturated heterocycles. The normalized spacial score (nSPS) is 12.8. The predicted octanol–water partition coefficient (Wildman–Crippen LogP) is 4.41. The highest BCUT2D eigenvalue weighted by Crippen LogP contribution is 2.32. The third kappa shape index (κ3) is 2.52. The summed E-state index contributed by atoms with van der Waals surface area (Å²) in [5.41, 5.74) is 1.96. The Kier molecular flexibility index (Phi) is 3.66. The van der Waals surface area contributed by atoms with Crippen LogP contribution >= 0.6 is 23.2 Å². The van der Waals surface area contributed by atoms with E-state index in [1.807, 2.05) is 24.3 Å². The van der Waals surface area contributed by atoms with Gasteiger partial charge in [0.25, 0.3) is 0 Å². The Morgan fingerprint density at radius 3 is 2.45 bits per heavy atom. The highest BCUT2D eigenvalue weighted by molar-refractivity contribution is 6.36. The van der Waals surface area contributed by atoms with E-state index in [2.05, 4.69) is 4.98 Å². The molecule has 2 aromatic carbocycles. The number of fused-ring (bicyclic) bond motifs is 1. The third-order valence-electron chi connectivity index (χ3n) is 3.04. The van der Waals surface area contributed by atoms with Crippen molar-refractivity contribution in [2.75, 3.05) is 0 Å². The van der Waals surface area contributed by atoms with Crippen molar-refractivity contribution in [3.8, 4) is 0 Å². The Balaban J connectivity index is 1.90. The molecule has 0 saturated carbocycles. The highest BCUT2D eigenvalue weighted by Gasteiger charge is 2.18. The lowest BCUT2D eigenvalue weighted by molar-refractivity contribution is 0.169. The molecule has 0 radical (unpaired) electrons. The van der Waals surface area contributed by atoms with E-state index in [9.17, 15) is 5.11 Å². The van der Waals surface area contributed by atoms with Gasteiger partial charge in [-0.3, -0.25) is 0 Å². The lowest BCUT2D eigenvalue weighted by Crippen LogP contribution is -2.03. The molecule has 0 aliphatic carbocycles. The summed E-state index contributed by atoms with van der Waals surface area (Å²) >= 11 is 12.1. The molecule has 1 N–H and O–H groups in total. The molecule has 0 aliphatic rings. The molecule has 5 heteroatoms. The van der Waals surface area contributed by atoms with E-state index in [4.69, 9.17) is 27.6 Å². The van der Waals surface area contributed by atoms with E-state index < -0.39 is 6.10 Å². The fourth-order valence-corrected chi connectivity index (χ4v) is 2.75. The maximum absolute atomic E-state index is 10.3. The highest BCUT2D eigenvalue weighted by atomic mass is 35.5. The molecule has 3 aromatic rings. The zero-order chi connectivity index (χ0) is 14.1. The van der Waals surface area contributed by atoms with E-state index in [0.29, 0.717) is 27.1 Å². The van der Waals surface area contributed by atoms with Gasteiger partial charge in [-0.05, 0) is 24.3 Å². The molecule has 0 spiro atoms. The van der Waals surface area contributed by atoms with Crippen molar-refractivity contribution >= 4 is 34.3 Å². The summed E-state index contributed by atoms with van der Waals surface area (Å²) in [4.78, 5) is 4.32. The Labute approximate surface area is 125 Å². The number of aromatic nitrogens is 1. The van der Waals surface area contributed by atoms with Crippen LogP contribution in [0, 0.1) is 0 Å². The molecular formula is C15H11Cl2NO2. The summed E-state index contributed by atoms with van der Waals surface area (Å²) in [5.74, 6) is 0.453. The minimum absolute atomic E-state index is 0.220. The third-order valence-corrected chi connectivity index (χ3v) is 3.70. The van der Waals surface area contributed by atoms with Gasteiger partial charge in [0.1, 0.15) is 5.52 Å². The average Bonchev–Trinajstić information content (AvgIpc) is 2.80. The van der Waals surface area contributed by atoms with E-state index >= 15 is 0 Å². The number of halogens is 2. The number of para-hydroxylation sites is 2. The second-order valence-electron chi connectivity index (χ2n) is 4.43. The van der Waals surface area contributed by atoms with Crippen LogP contribution in [-0.4, -0.2) is 10.1 Å². The van der Waals surface area contributed by atoms with Crippen molar-refractivity contribution in [3.05, 3.63) is 64.0 Å². The molecule has 102 valence electrons. The van der Waals surface area contributed by atoms with Gasteiger partial charge in [-0.2, -0.15) is 0 Å². The van der Waals surface area contributed by atoms with Crippen molar-refractivity contribution in [2.45, 2.75) is 12.5 Å². The molecule has 20 heavy (non-hydrogen) atoms. The largest absolute Gasteiger partial charge is 0.441 e. The number of aliphatic hydroxyl groups excluding tert-OH is 1. The van der Waals surface area contributed by atoms with E-state index in [1.54, 1.807) is 18.2 Å². The maximum Gasteiger partial charge on any atom is 0.198 e. The van der Waals surface area contributed by atoms with Gasteiger partial charge in [0, 0.05) is 15.6 Å². The molecule has 1 atom stereocenters. The SMILES string of the molecule is OC(Cc1nc2ccccc2o1)c1c(Cl)cccc1Cl. The molecule has 0 fully saturated rings. The monoisotopic (exact) mass is 307 g/mol.